The lowest BCUT2D eigenvalue weighted by Crippen LogP contribution is -1.95. The molecule has 0 saturated carbocycles. The fourth-order valence-corrected chi connectivity index (χ4v) is 2.72. The highest BCUT2D eigenvalue weighted by Crippen LogP contribution is 2.34. The van der Waals surface area contributed by atoms with Gasteiger partial charge < -0.3 is 10.5 Å². The fourth-order valence-electron chi connectivity index (χ4n) is 2.72. The summed E-state index contributed by atoms with van der Waals surface area (Å²) < 4.78 is 7.13. The number of nitrogen functional groups attached to an aromatic ring is 1. The average Bonchev–Trinajstić information content (AvgIpc) is 2.77. The maximum Gasteiger partial charge on any atom is 0.163 e. The molecule has 0 amide bonds. The van der Waals surface area contributed by atoms with Crippen molar-refractivity contribution in [3.63, 3.8) is 0 Å². The van der Waals surface area contributed by atoms with Crippen LogP contribution in [0.25, 0.3) is 22.3 Å². The molecular formula is C15H17N5O. The largest absolute Gasteiger partial charge is 0.496 e. The van der Waals surface area contributed by atoms with Gasteiger partial charge in [-0.15, -0.1) is 0 Å². The topological polar surface area (TPSA) is 78.8 Å². The quantitative estimate of drug-likeness (QED) is 0.780. The SMILES string of the molecule is COc1c(C)cc(-c2nn(C)c3ncnc(N)c23)cc1C. The fraction of sp³-hybridized carbons (Fsp3) is 0.267. The number of fused-ring (bicyclic) bond motifs is 1. The van der Waals surface area contributed by atoms with E-state index in [1.54, 1.807) is 11.8 Å². The zero-order valence-corrected chi connectivity index (χ0v) is 12.5. The number of anilines is 1. The molecule has 0 radical (unpaired) electrons. The minimum Gasteiger partial charge on any atom is -0.496 e. The molecule has 0 bridgehead atoms. The highest BCUT2D eigenvalue weighted by Gasteiger charge is 2.17. The lowest BCUT2D eigenvalue weighted by atomic mass is 10.0. The first kappa shape index (κ1) is 13.4. The second-order valence-corrected chi connectivity index (χ2v) is 5.07. The van der Waals surface area contributed by atoms with E-state index < -0.39 is 0 Å². The van der Waals surface area contributed by atoms with Gasteiger partial charge in [0.05, 0.1) is 12.5 Å². The van der Waals surface area contributed by atoms with E-state index in [0.717, 1.165) is 39.2 Å². The summed E-state index contributed by atoms with van der Waals surface area (Å²) >= 11 is 0. The number of hydrogen-bond acceptors (Lipinski definition) is 5. The highest BCUT2D eigenvalue weighted by atomic mass is 16.5. The van der Waals surface area contributed by atoms with E-state index in [-0.39, 0.29) is 0 Å². The van der Waals surface area contributed by atoms with Crippen molar-refractivity contribution in [2.75, 3.05) is 12.8 Å². The molecule has 1 aromatic carbocycles. The first-order valence-corrected chi connectivity index (χ1v) is 6.61. The van der Waals surface area contributed by atoms with Crippen molar-refractivity contribution in [2.45, 2.75) is 13.8 Å². The first-order valence-electron chi connectivity index (χ1n) is 6.61. The summed E-state index contributed by atoms with van der Waals surface area (Å²) in [5.74, 6) is 1.33. The molecule has 3 rings (SSSR count). The van der Waals surface area contributed by atoms with Gasteiger partial charge in [0.25, 0.3) is 0 Å². The second-order valence-electron chi connectivity index (χ2n) is 5.07. The maximum atomic E-state index is 6.01. The number of ether oxygens (including phenoxy) is 1. The van der Waals surface area contributed by atoms with E-state index in [9.17, 15) is 0 Å². The maximum absolute atomic E-state index is 6.01. The van der Waals surface area contributed by atoms with Crippen molar-refractivity contribution < 1.29 is 4.74 Å². The van der Waals surface area contributed by atoms with Crippen molar-refractivity contribution in [2.24, 2.45) is 7.05 Å². The molecule has 108 valence electrons. The Hall–Kier alpha value is -2.63. The molecule has 0 aliphatic heterocycles. The summed E-state index contributed by atoms with van der Waals surface area (Å²) in [5, 5.41) is 5.33. The lowest BCUT2D eigenvalue weighted by Gasteiger charge is -2.10. The zero-order valence-electron chi connectivity index (χ0n) is 12.5. The predicted molar refractivity (Wildman–Crippen MR) is 82.2 cm³/mol. The molecule has 6 nitrogen and oxygen atoms in total. The molecule has 0 saturated heterocycles. The Bertz CT molecular complexity index is 814. The summed E-state index contributed by atoms with van der Waals surface area (Å²) in [6.07, 6.45) is 1.45. The Labute approximate surface area is 122 Å². The van der Waals surface area contributed by atoms with Crippen LogP contribution in [0.1, 0.15) is 11.1 Å². The van der Waals surface area contributed by atoms with Crippen LogP contribution in [0.4, 0.5) is 5.82 Å². The molecule has 0 unspecified atom stereocenters. The van der Waals surface area contributed by atoms with Crippen LogP contribution >= 0.6 is 0 Å². The Balaban J connectivity index is 2.31. The van der Waals surface area contributed by atoms with Crippen LogP contribution in [0.5, 0.6) is 5.75 Å². The van der Waals surface area contributed by atoms with Crippen LogP contribution < -0.4 is 10.5 Å². The molecule has 2 aromatic heterocycles. The lowest BCUT2D eigenvalue weighted by molar-refractivity contribution is 0.408. The van der Waals surface area contributed by atoms with Crippen LogP contribution in [-0.4, -0.2) is 26.9 Å². The Morgan fingerprint density at radius 2 is 1.81 bits per heavy atom. The number of rotatable bonds is 2. The van der Waals surface area contributed by atoms with E-state index in [2.05, 4.69) is 15.1 Å². The van der Waals surface area contributed by atoms with E-state index in [1.807, 2.05) is 33.0 Å². The van der Waals surface area contributed by atoms with Gasteiger partial charge in [0.2, 0.25) is 0 Å². The zero-order chi connectivity index (χ0) is 15.1. The monoisotopic (exact) mass is 283 g/mol. The van der Waals surface area contributed by atoms with Gasteiger partial charge in [-0.2, -0.15) is 5.10 Å². The summed E-state index contributed by atoms with van der Waals surface area (Å²) in [4.78, 5) is 8.33. The van der Waals surface area contributed by atoms with Gasteiger partial charge >= 0.3 is 0 Å². The number of benzene rings is 1. The van der Waals surface area contributed by atoms with Crippen LogP contribution in [0.3, 0.4) is 0 Å². The van der Waals surface area contributed by atoms with Gasteiger partial charge in [0, 0.05) is 12.6 Å². The number of methoxy groups -OCH3 is 1. The number of aryl methyl sites for hydroxylation is 3. The normalized spacial score (nSPS) is 11.0. The highest BCUT2D eigenvalue weighted by molar-refractivity contribution is 5.98. The van der Waals surface area contributed by atoms with Gasteiger partial charge in [0.15, 0.2) is 5.65 Å². The van der Waals surface area contributed by atoms with E-state index in [4.69, 9.17) is 10.5 Å². The molecule has 0 aliphatic rings. The standard InChI is InChI=1S/C15H17N5O/c1-8-5-10(6-9(2)13(8)21-4)12-11-14(16)17-7-18-15(11)20(3)19-12/h5-7H,1-4H3,(H2,16,17,18). The molecule has 6 heteroatoms. The average molecular weight is 283 g/mol. The predicted octanol–water partition coefficient (Wildman–Crippen LogP) is 2.24. The van der Waals surface area contributed by atoms with Crippen molar-refractivity contribution in [3.8, 4) is 17.0 Å². The molecule has 21 heavy (non-hydrogen) atoms. The van der Waals surface area contributed by atoms with Crippen molar-refractivity contribution in [1.82, 2.24) is 19.7 Å². The molecule has 2 N–H and O–H groups in total. The van der Waals surface area contributed by atoms with Gasteiger partial charge in [-0.25, -0.2) is 14.6 Å². The molecule has 0 spiro atoms. The van der Waals surface area contributed by atoms with Crippen molar-refractivity contribution in [1.29, 1.82) is 0 Å². The van der Waals surface area contributed by atoms with Crippen LogP contribution in [-0.2, 0) is 7.05 Å². The van der Waals surface area contributed by atoms with E-state index in [1.165, 1.54) is 6.33 Å². The van der Waals surface area contributed by atoms with Crippen molar-refractivity contribution in [3.05, 3.63) is 29.6 Å². The molecule has 2 heterocycles. The van der Waals surface area contributed by atoms with Gasteiger partial charge in [0.1, 0.15) is 23.6 Å². The second kappa shape index (κ2) is 4.73. The molecule has 3 aromatic rings. The summed E-state index contributed by atoms with van der Waals surface area (Å²) in [6, 6.07) is 4.08. The Kier molecular flexibility index (Phi) is 3.01. The molecule has 0 fully saturated rings. The smallest absolute Gasteiger partial charge is 0.163 e. The summed E-state index contributed by atoms with van der Waals surface area (Å²) in [5.41, 5.74) is 10.6. The minimum atomic E-state index is 0.439. The van der Waals surface area contributed by atoms with Crippen LogP contribution in [0.2, 0.25) is 0 Å². The van der Waals surface area contributed by atoms with E-state index in [0.29, 0.717) is 5.82 Å². The number of nitrogens with zero attached hydrogens (tertiary/aromatic N) is 4. The molecule has 0 atom stereocenters. The first-order chi connectivity index (χ1) is 10.0. The van der Waals surface area contributed by atoms with Gasteiger partial charge in [-0.05, 0) is 37.1 Å². The third-order valence-corrected chi connectivity index (χ3v) is 3.59. The third kappa shape index (κ3) is 1.99. The molecular weight excluding hydrogens is 266 g/mol. The van der Waals surface area contributed by atoms with E-state index >= 15 is 0 Å². The van der Waals surface area contributed by atoms with Crippen LogP contribution in [0.15, 0.2) is 18.5 Å². The third-order valence-electron chi connectivity index (χ3n) is 3.59. The Morgan fingerprint density at radius 1 is 1.14 bits per heavy atom. The number of aromatic nitrogens is 4. The van der Waals surface area contributed by atoms with Gasteiger partial charge in [-0.1, -0.05) is 0 Å². The van der Waals surface area contributed by atoms with Crippen molar-refractivity contribution >= 4 is 16.9 Å². The number of hydrogen-bond donors (Lipinski definition) is 1. The Morgan fingerprint density at radius 3 is 2.43 bits per heavy atom. The molecule has 0 aliphatic carbocycles. The summed E-state index contributed by atoms with van der Waals surface area (Å²) in [6.45, 7) is 4.03. The number of nitrogens with two attached hydrogens (primary N) is 1. The van der Waals surface area contributed by atoms with Crippen LogP contribution in [0, 0.1) is 13.8 Å². The summed E-state index contributed by atoms with van der Waals surface area (Å²) in [7, 11) is 3.53. The van der Waals surface area contributed by atoms with Gasteiger partial charge in [-0.3, -0.25) is 0 Å². The minimum absolute atomic E-state index is 0.439.